The number of aromatic nitrogens is 5. The van der Waals surface area contributed by atoms with Crippen LogP contribution in [0.4, 0.5) is 4.39 Å². The summed E-state index contributed by atoms with van der Waals surface area (Å²) in [4.78, 5) is 3.66. The third kappa shape index (κ3) is 2.36. The number of benzene rings is 1. The van der Waals surface area contributed by atoms with E-state index in [1.54, 1.807) is 16.7 Å². The summed E-state index contributed by atoms with van der Waals surface area (Å²) in [5.41, 5.74) is 2.49. The van der Waals surface area contributed by atoms with Gasteiger partial charge in [0.1, 0.15) is 11.4 Å². The van der Waals surface area contributed by atoms with Crippen LogP contribution >= 0.6 is 0 Å². The largest absolute Gasteiger partial charge is 0.494 e. The van der Waals surface area contributed by atoms with Crippen LogP contribution in [0.25, 0.3) is 27.7 Å². The molecule has 4 aromatic rings. The second-order valence-corrected chi connectivity index (χ2v) is 5.79. The van der Waals surface area contributed by atoms with Gasteiger partial charge in [-0.15, -0.1) is 5.10 Å². The highest BCUT2D eigenvalue weighted by Gasteiger charge is 2.16. The number of nitrogens with zero attached hydrogens (tertiary/aromatic N) is 5. The Labute approximate surface area is 143 Å². The van der Waals surface area contributed by atoms with E-state index < -0.39 is 5.95 Å². The zero-order valence-corrected chi connectivity index (χ0v) is 13.8. The van der Waals surface area contributed by atoms with Gasteiger partial charge in [0.15, 0.2) is 5.88 Å². The Morgan fingerprint density at radius 2 is 2.08 bits per heavy atom. The Balaban J connectivity index is 1.83. The number of pyridine rings is 1. The lowest BCUT2D eigenvalue weighted by molar-refractivity contribution is 0.427. The quantitative estimate of drug-likeness (QED) is 0.581. The Kier molecular flexibility index (Phi) is 3.49. The number of rotatable bonds is 3. The molecular weight excluding hydrogens is 321 g/mol. The lowest BCUT2D eigenvalue weighted by Gasteiger charge is -2.04. The Morgan fingerprint density at radius 1 is 1.24 bits per heavy atom. The summed E-state index contributed by atoms with van der Waals surface area (Å²) >= 11 is 0. The number of aromatic hydroxyl groups is 1. The molecule has 0 spiro atoms. The first-order chi connectivity index (χ1) is 12.1. The highest BCUT2D eigenvalue weighted by molar-refractivity contribution is 5.91. The summed E-state index contributed by atoms with van der Waals surface area (Å²) in [6.45, 7) is 4.49. The van der Waals surface area contributed by atoms with Crippen LogP contribution in [-0.2, 0) is 6.54 Å². The van der Waals surface area contributed by atoms with Crippen LogP contribution < -0.4 is 0 Å². The molecule has 1 N–H and O–H groups in total. The first-order valence-corrected chi connectivity index (χ1v) is 7.95. The number of hydrogen-bond acceptors (Lipinski definition) is 4. The van der Waals surface area contributed by atoms with E-state index in [2.05, 4.69) is 15.3 Å². The summed E-state index contributed by atoms with van der Waals surface area (Å²) in [6.07, 6.45) is 3.29. The molecule has 3 heterocycles. The fourth-order valence-electron chi connectivity index (χ4n) is 3.01. The zero-order chi connectivity index (χ0) is 17.6. The van der Waals surface area contributed by atoms with Crippen molar-refractivity contribution in [3.8, 4) is 22.8 Å². The van der Waals surface area contributed by atoms with E-state index in [0.717, 1.165) is 16.3 Å². The van der Waals surface area contributed by atoms with Crippen molar-refractivity contribution in [3.05, 3.63) is 54.4 Å². The van der Waals surface area contributed by atoms with Crippen molar-refractivity contribution >= 4 is 10.8 Å². The molecule has 0 unspecified atom stereocenters. The Bertz CT molecular complexity index is 1080. The van der Waals surface area contributed by atoms with Gasteiger partial charge in [0, 0.05) is 35.3 Å². The predicted octanol–water partition coefficient (Wildman–Crippen LogP) is 3.46. The summed E-state index contributed by atoms with van der Waals surface area (Å²) in [5, 5.41) is 20.2. The molecule has 0 fully saturated rings. The normalized spacial score (nSPS) is 11.3. The maximum absolute atomic E-state index is 13.9. The summed E-state index contributed by atoms with van der Waals surface area (Å²) in [6, 6.07) is 8.94. The van der Waals surface area contributed by atoms with Gasteiger partial charge in [-0.25, -0.2) is 9.67 Å². The maximum Gasteiger partial charge on any atom is 0.238 e. The van der Waals surface area contributed by atoms with E-state index in [1.165, 1.54) is 10.9 Å². The SMILES string of the molecule is CCn1cc2cc(-c3nnn(-c4cccnc4F)c3C)ccc2c1O. The average Bonchev–Trinajstić information content (AvgIpc) is 3.15. The van der Waals surface area contributed by atoms with Crippen molar-refractivity contribution in [2.75, 3.05) is 0 Å². The molecule has 0 atom stereocenters. The molecule has 25 heavy (non-hydrogen) atoms. The second kappa shape index (κ2) is 5.70. The van der Waals surface area contributed by atoms with Crippen LogP contribution in [-0.4, -0.2) is 29.7 Å². The molecule has 7 heteroatoms. The van der Waals surface area contributed by atoms with E-state index >= 15 is 0 Å². The van der Waals surface area contributed by atoms with Crippen molar-refractivity contribution in [1.29, 1.82) is 0 Å². The standard InChI is InChI=1S/C18H16FN5O/c1-3-23-10-13-9-12(6-7-14(13)18(23)25)16-11(2)24(22-21-16)15-5-4-8-20-17(15)19/h4-10,25H,3H2,1-2H3. The molecule has 126 valence electrons. The van der Waals surface area contributed by atoms with Gasteiger partial charge < -0.3 is 9.67 Å². The van der Waals surface area contributed by atoms with E-state index in [0.29, 0.717) is 17.9 Å². The van der Waals surface area contributed by atoms with Gasteiger partial charge in [0.2, 0.25) is 5.95 Å². The van der Waals surface area contributed by atoms with Gasteiger partial charge in [-0.3, -0.25) is 0 Å². The van der Waals surface area contributed by atoms with Crippen LogP contribution in [0.15, 0.2) is 42.7 Å². The molecule has 4 rings (SSSR count). The molecule has 0 aliphatic rings. The molecule has 0 aliphatic carbocycles. The maximum atomic E-state index is 13.9. The van der Waals surface area contributed by atoms with Crippen molar-refractivity contribution in [1.82, 2.24) is 24.5 Å². The van der Waals surface area contributed by atoms with Crippen LogP contribution in [0, 0.1) is 12.9 Å². The average molecular weight is 337 g/mol. The minimum Gasteiger partial charge on any atom is -0.494 e. The van der Waals surface area contributed by atoms with Gasteiger partial charge in [0.25, 0.3) is 0 Å². The van der Waals surface area contributed by atoms with Crippen LogP contribution in [0.1, 0.15) is 12.6 Å². The predicted molar refractivity (Wildman–Crippen MR) is 92.1 cm³/mol. The van der Waals surface area contributed by atoms with Gasteiger partial charge >= 0.3 is 0 Å². The smallest absolute Gasteiger partial charge is 0.238 e. The Hall–Kier alpha value is -3.22. The number of aryl methyl sites for hydroxylation is 1. The number of halogens is 1. The highest BCUT2D eigenvalue weighted by atomic mass is 19.1. The molecule has 1 aromatic carbocycles. The van der Waals surface area contributed by atoms with Crippen LogP contribution in [0.5, 0.6) is 5.88 Å². The summed E-state index contributed by atoms with van der Waals surface area (Å²) < 4.78 is 17.2. The minimum absolute atomic E-state index is 0.252. The van der Waals surface area contributed by atoms with Gasteiger partial charge in [-0.2, -0.15) is 4.39 Å². The van der Waals surface area contributed by atoms with Gasteiger partial charge in [-0.1, -0.05) is 11.3 Å². The fourth-order valence-corrected chi connectivity index (χ4v) is 3.01. The molecule has 6 nitrogen and oxygen atoms in total. The van der Waals surface area contributed by atoms with Crippen molar-refractivity contribution in [2.24, 2.45) is 0 Å². The van der Waals surface area contributed by atoms with Crippen LogP contribution in [0.3, 0.4) is 0 Å². The first kappa shape index (κ1) is 15.3. The monoisotopic (exact) mass is 337 g/mol. The Morgan fingerprint density at radius 3 is 2.84 bits per heavy atom. The van der Waals surface area contributed by atoms with Crippen molar-refractivity contribution < 1.29 is 9.50 Å². The molecule has 0 bridgehead atoms. The topological polar surface area (TPSA) is 68.8 Å². The summed E-state index contributed by atoms with van der Waals surface area (Å²) in [7, 11) is 0. The zero-order valence-electron chi connectivity index (χ0n) is 13.8. The van der Waals surface area contributed by atoms with E-state index in [-0.39, 0.29) is 11.6 Å². The third-order valence-electron chi connectivity index (χ3n) is 4.34. The lowest BCUT2D eigenvalue weighted by Crippen LogP contribution is -2.03. The molecule has 0 aliphatic heterocycles. The molecular formula is C18H16FN5O. The lowest BCUT2D eigenvalue weighted by atomic mass is 10.1. The summed E-state index contributed by atoms with van der Waals surface area (Å²) in [5.74, 6) is -0.343. The fraction of sp³-hybridized carbons (Fsp3) is 0.167. The molecule has 0 saturated heterocycles. The highest BCUT2D eigenvalue weighted by Crippen LogP contribution is 2.32. The minimum atomic E-state index is -0.595. The van der Waals surface area contributed by atoms with E-state index in [4.69, 9.17) is 0 Å². The molecule has 0 saturated carbocycles. The van der Waals surface area contributed by atoms with Crippen molar-refractivity contribution in [2.45, 2.75) is 20.4 Å². The molecule has 0 radical (unpaired) electrons. The molecule has 0 amide bonds. The van der Waals surface area contributed by atoms with Crippen LogP contribution in [0.2, 0.25) is 0 Å². The van der Waals surface area contributed by atoms with Gasteiger partial charge in [-0.05, 0) is 38.1 Å². The number of fused-ring (bicyclic) bond motifs is 1. The van der Waals surface area contributed by atoms with E-state index in [9.17, 15) is 9.50 Å². The third-order valence-corrected chi connectivity index (χ3v) is 4.34. The van der Waals surface area contributed by atoms with Gasteiger partial charge in [0.05, 0.1) is 5.69 Å². The first-order valence-electron chi connectivity index (χ1n) is 7.95. The van der Waals surface area contributed by atoms with Crippen molar-refractivity contribution in [3.63, 3.8) is 0 Å². The second-order valence-electron chi connectivity index (χ2n) is 5.79. The molecule has 3 aromatic heterocycles. The van der Waals surface area contributed by atoms with E-state index in [1.807, 2.05) is 38.2 Å². The number of hydrogen-bond donors (Lipinski definition) is 1.